The first kappa shape index (κ1) is 14.1. The number of hydrogen-bond acceptors (Lipinski definition) is 3. The van der Waals surface area contributed by atoms with Crippen molar-refractivity contribution in [2.24, 2.45) is 11.8 Å². The molecule has 24 heavy (non-hydrogen) atoms. The topological polar surface area (TPSA) is 32.7 Å². The Balaban J connectivity index is 1.52. The summed E-state index contributed by atoms with van der Waals surface area (Å²) in [5.74, 6) is 2.75. The SMILES string of the molecule is Cc1ccc2c3c1OC1[C@H](O)CC[C@@H]4[C@H](C2)N(CC2CC2)CCC314. The fourth-order valence-electron chi connectivity index (χ4n) is 6.60. The second-order valence-electron chi connectivity index (χ2n) is 9.04. The lowest BCUT2D eigenvalue weighted by atomic mass is 9.51. The number of likely N-dealkylation sites (tertiary alicyclic amines) is 1. The van der Waals surface area contributed by atoms with E-state index in [0.29, 0.717) is 12.0 Å². The summed E-state index contributed by atoms with van der Waals surface area (Å²) in [6.45, 7) is 4.66. The number of nitrogens with zero attached hydrogens (tertiary/aromatic N) is 1. The lowest BCUT2D eigenvalue weighted by Crippen LogP contribution is -2.67. The lowest BCUT2D eigenvalue weighted by molar-refractivity contribution is -0.104. The molecule has 3 aliphatic carbocycles. The minimum atomic E-state index is -0.297. The first-order valence-electron chi connectivity index (χ1n) is 9.90. The van der Waals surface area contributed by atoms with Gasteiger partial charge in [-0.05, 0) is 75.0 Å². The highest BCUT2D eigenvalue weighted by Crippen LogP contribution is 2.62. The Labute approximate surface area is 144 Å². The number of aliphatic hydroxyl groups excluding tert-OH is 1. The molecule has 3 heteroatoms. The highest BCUT2D eigenvalue weighted by molar-refractivity contribution is 5.58. The fourth-order valence-corrected chi connectivity index (χ4v) is 6.60. The number of piperidine rings is 1. The van der Waals surface area contributed by atoms with Crippen molar-refractivity contribution in [3.63, 3.8) is 0 Å². The van der Waals surface area contributed by atoms with Gasteiger partial charge in [-0.15, -0.1) is 0 Å². The van der Waals surface area contributed by atoms with Crippen molar-refractivity contribution in [1.29, 1.82) is 0 Å². The maximum absolute atomic E-state index is 10.8. The Morgan fingerprint density at radius 3 is 2.96 bits per heavy atom. The first-order valence-corrected chi connectivity index (χ1v) is 9.90. The van der Waals surface area contributed by atoms with Crippen LogP contribution >= 0.6 is 0 Å². The summed E-state index contributed by atoms with van der Waals surface area (Å²) in [6.07, 6.45) is 7.01. The minimum Gasteiger partial charge on any atom is -0.486 e. The zero-order chi connectivity index (χ0) is 16.1. The van der Waals surface area contributed by atoms with Gasteiger partial charge in [0.25, 0.3) is 0 Å². The van der Waals surface area contributed by atoms with Crippen molar-refractivity contribution in [2.45, 2.75) is 69.1 Å². The number of aryl methyl sites for hydroxylation is 1. The molecule has 2 saturated carbocycles. The van der Waals surface area contributed by atoms with Gasteiger partial charge in [-0.3, -0.25) is 4.90 Å². The third-order valence-electron chi connectivity index (χ3n) is 7.81. The second-order valence-corrected chi connectivity index (χ2v) is 9.04. The Morgan fingerprint density at radius 1 is 1.25 bits per heavy atom. The van der Waals surface area contributed by atoms with Gasteiger partial charge in [0.2, 0.25) is 0 Å². The number of rotatable bonds is 2. The van der Waals surface area contributed by atoms with E-state index in [1.165, 1.54) is 61.9 Å². The van der Waals surface area contributed by atoms with Gasteiger partial charge in [-0.2, -0.15) is 0 Å². The monoisotopic (exact) mass is 325 g/mol. The summed E-state index contributed by atoms with van der Waals surface area (Å²) >= 11 is 0. The van der Waals surface area contributed by atoms with Gasteiger partial charge in [0.1, 0.15) is 11.9 Å². The molecule has 2 heterocycles. The van der Waals surface area contributed by atoms with Crippen molar-refractivity contribution in [3.05, 3.63) is 28.8 Å². The van der Waals surface area contributed by atoms with Crippen molar-refractivity contribution >= 4 is 0 Å². The predicted octanol–water partition coefficient (Wildman–Crippen LogP) is 2.81. The molecule has 0 aromatic heterocycles. The molecule has 2 aliphatic heterocycles. The maximum atomic E-state index is 10.8. The maximum Gasteiger partial charge on any atom is 0.135 e. The van der Waals surface area contributed by atoms with Crippen LogP contribution in [0.1, 0.15) is 48.8 Å². The molecule has 128 valence electrons. The largest absolute Gasteiger partial charge is 0.486 e. The number of hydrogen-bond donors (Lipinski definition) is 1. The van der Waals surface area contributed by atoms with E-state index in [-0.39, 0.29) is 17.6 Å². The molecule has 0 radical (unpaired) electrons. The summed E-state index contributed by atoms with van der Waals surface area (Å²) in [6, 6.07) is 5.25. The van der Waals surface area contributed by atoms with Crippen LogP contribution in [-0.2, 0) is 11.8 Å². The molecule has 5 aliphatic rings. The van der Waals surface area contributed by atoms with Crippen molar-refractivity contribution < 1.29 is 9.84 Å². The molecular formula is C21H27NO2. The minimum absolute atomic E-state index is 0.00280. The average molecular weight is 325 g/mol. The van der Waals surface area contributed by atoms with Gasteiger partial charge in [-0.25, -0.2) is 0 Å². The molecule has 1 N–H and O–H groups in total. The van der Waals surface area contributed by atoms with Crippen LogP contribution in [0.5, 0.6) is 5.75 Å². The van der Waals surface area contributed by atoms with E-state index in [4.69, 9.17) is 4.74 Å². The normalized spacial score (nSPS) is 42.6. The Hall–Kier alpha value is -1.06. The first-order chi connectivity index (χ1) is 11.7. The molecule has 2 bridgehead atoms. The van der Waals surface area contributed by atoms with Crippen LogP contribution in [-0.4, -0.2) is 41.3 Å². The zero-order valence-electron chi connectivity index (χ0n) is 14.5. The van der Waals surface area contributed by atoms with Crippen LogP contribution in [0.15, 0.2) is 12.1 Å². The van der Waals surface area contributed by atoms with E-state index in [1.807, 2.05) is 0 Å². The quantitative estimate of drug-likeness (QED) is 0.907. The van der Waals surface area contributed by atoms with Crippen molar-refractivity contribution in [3.8, 4) is 5.75 Å². The smallest absolute Gasteiger partial charge is 0.135 e. The van der Waals surface area contributed by atoms with Crippen LogP contribution in [0.3, 0.4) is 0 Å². The van der Waals surface area contributed by atoms with E-state index in [9.17, 15) is 5.11 Å². The van der Waals surface area contributed by atoms with Gasteiger partial charge in [0, 0.05) is 23.6 Å². The van der Waals surface area contributed by atoms with Gasteiger partial charge in [0.05, 0.1) is 6.10 Å². The number of ether oxygens (including phenoxy) is 1. The molecule has 5 atom stereocenters. The molecule has 3 nitrogen and oxygen atoms in total. The Kier molecular flexibility index (Phi) is 2.69. The Morgan fingerprint density at radius 2 is 2.12 bits per heavy atom. The van der Waals surface area contributed by atoms with Crippen LogP contribution in [0, 0.1) is 18.8 Å². The summed E-state index contributed by atoms with van der Waals surface area (Å²) in [5, 5.41) is 10.8. The van der Waals surface area contributed by atoms with Gasteiger partial charge < -0.3 is 9.84 Å². The molecule has 1 saturated heterocycles. The van der Waals surface area contributed by atoms with E-state index in [1.54, 1.807) is 0 Å². The highest BCUT2D eigenvalue weighted by Gasteiger charge is 2.65. The molecule has 1 spiro atoms. The van der Waals surface area contributed by atoms with E-state index in [2.05, 4.69) is 24.0 Å². The van der Waals surface area contributed by atoms with Crippen molar-refractivity contribution in [1.82, 2.24) is 4.90 Å². The third-order valence-corrected chi connectivity index (χ3v) is 7.81. The number of benzene rings is 1. The van der Waals surface area contributed by atoms with E-state index >= 15 is 0 Å². The van der Waals surface area contributed by atoms with E-state index in [0.717, 1.165) is 18.1 Å². The zero-order valence-corrected chi connectivity index (χ0v) is 14.5. The predicted molar refractivity (Wildman–Crippen MR) is 92.4 cm³/mol. The van der Waals surface area contributed by atoms with Gasteiger partial charge in [0.15, 0.2) is 0 Å². The second kappa shape index (κ2) is 4.56. The van der Waals surface area contributed by atoms with Crippen LogP contribution in [0.4, 0.5) is 0 Å². The van der Waals surface area contributed by atoms with Crippen LogP contribution < -0.4 is 4.74 Å². The van der Waals surface area contributed by atoms with Crippen LogP contribution in [0.2, 0.25) is 0 Å². The highest BCUT2D eigenvalue weighted by atomic mass is 16.5. The summed E-state index contributed by atoms with van der Waals surface area (Å²) in [4.78, 5) is 2.81. The van der Waals surface area contributed by atoms with E-state index < -0.39 is 0 Å². The fraction of sp³-hybridized carbons (Fsp3) is 0.714. The molecule has 2 unspecified atom stereocenters. The molecule has 0 amide bonds. The third kappa shape index (κ3) is 1.61. The summed E-state index contributed by atoms with van der Waals surface area (Å²) in [5.41, 5.74) is 4.35. The Bertz CT molecular complexity index is 712. The molecule has 3 fully saturated rings. The van der Waals surface area contributed by atoms with Crippen LogP contribution in [0.25, 0.3) is 0 Å². The summed E-state index contributed by atoms with van der Waals surface area (Å²) < 4.78 is 6.48. The molecule has 1 aromatic rings. The molecular weight excluding hydrogens is 298 g/mol. The molecule has 6 rings (SSSR count). The number of aliphatic hydroxyl groups is 1. The molecule has 1 aromatic carbocycles. The van der Waals surface area contributed by atoms with Gasteiger partial charge >= 0.3 is 0 Å². The average Bonchev–Trinajstić information content (AvgIpc) is 3.32. The standard InChI is InChI=1S/C21H27NO2/c1-12-2-5-14-10-16-15-6-7-17(23)20-21(15,18(14)19(12)24-20)8-9-22(16)11-13-3-4-13/h2,5,13,15-17,20,23H,3-4,6-11H2,1H3/t15-,16+,17-,20?,21?/m1/s1. The van der Waals surface area contributed by atoms with Crippen molar-refractivity contribution in [2.75, 3.05) is 13.1 Å². The van der Waals surface area contributed by atoms with Gasteiger partial charge in [-0.1, -0.05) is 12.1 Å². The summed E-state index contributed by atoms with van der Waals surface area (Å²) in [7, 11) is 0. The lowest BCUT2D eigenvalue weighted by Gasteiger charge is -2.59.